The first-order chi connectivity index (χ1) is 8.09. The van der Waals surface area contributed by atoms with Gasteiger partial charge in [-0.1, -0.05) is 30.7 Å². The van der Waals surface area contributed by atoms with Gasteiger partial charge in [0.25, 0.3) is 0 Å². The lowest BCUT2D eigenvalue weighted by atomic mass is 10.1. The minimum Gasteiger partial charge on any atom is -0.480 e. The van der Waals surface area contributed by atoms with E-state index in [0.29, 0.717) is 5.84 Å². The summed E-state index contributed by atoms with van der Waals surface area (Å²) in [5, 5.41) is 8.56. The Labute approximate surface area is 101 Å². The van der Waals surface area contributed by atoms with Gasteiger partial charge in [-0.15, -0.1) is 0 Å². The van der Waals surface area contributed by atoms with Gasteiger partial charge >= 0.3 is 5.97 Å². The van der Waals surface area contributed by atoms with Crippen LogP contribution in [0.4, 0.5) is 0 Å². The molecule has 2 unspecified atom stereocenters. The van der Waals surface area contributed by atoms with E-state index in [1.807, 2.05) is 6.08 Å². The minimum atomic E-state index is -1.04. The Morgan fingerprint density at radius 2 is 2.24 bits per heavy atom. The number of aliphatic imine (C=N–C) groups is 1. The quantitative estimate of drug-likeness (QED) is 0.630. The van der Waals surface area contributed by atoms with Crippen molar-refractivity contribution in [3.05, 3.63) is 24.3 Å². The van der Waals surface area contributed by atoms with Crippen LogP contribution in [0.2, 0.25) is 0 Å². The van der Waals surface area contributed by atoms with Gasteiger partial charge in [-0.25, -0.2) is 0 Å². The summed E-state index contributed by atoms with van der Waals surface area (Å²) in [4.78, 5) is 14.8. The highest BCUT2D eigenvalue weighted by Crippen LogP contribution is 2.13. The van der Waals surface area contributed by atoms with Crippen molar-refractivity contribution in [2.75, 3.05) is 0 Å². The van der Waals surface area contributed by atoms with E-state index < -0.39 is 12.0 Å². The molecule has 1 aliphatic heterocycles. The topological polar surface area (TPSA) is 102 Å². The Kier molecular flexibility index (Phi) is 5.42. The van der Waals surface area contributed by atoms with Crippen molar-refractivity contribution >= 4 is 11.8 Å². The summed E-state index contributed by atoms with van der Waals surface area (Å²) in [5.41, 5.74) is 11.0. The van der Waals surface area contributed by atoms with Gasteiger partial charge in [-0.05, 0) is 12.8 Å². The Morgan fingerprint density at radius 1 is 1.47 bits per heavy atom. The molecular formula is C12H19N3O2. The van der Waals surface area contributed by atoms with Crippen LogP contribution >= 0.6 is 0 Å². The molecule has 94 valence electrons. The number of hydrogen-bond acceptors (Lipinski definition) is 4. The largest absolute Gasteiger partial charge is 0.480 e. The van der Waals surface area contributed by atoms with Crippen molar-refractivity contribution in [3.8, 4) is 0 Å². The first kappa shape index (κ1) is 13.4. The van der Waals surface area contributed by atoms with Gasteiger partial charge in [0.05, 0.1) is 11.9 Å². The number of nitrogens with two attached hydrogens (primary N) is 2. The fraction of sp³-hybridized carbons (Fsp3) is 0.500. The third-order valence-corrected chi connectivity index (χ3v) is 2.56. The highest BCUT2D eigenvalue weighted by Gasteiger charge is 2.08. The Morgan fingerprint density at radius 3 is 2.94 bits per heavy atom. The standard InChI is InChI=1S/C12H19N3O2/c13-10(12(16)17)7-3-1-5-9-6-2-4-8-11(14)15-9/h1,3,5,7,9-10H,2,4,6,8,13H2,(H2,14,15)(H,16,17)/b5-1+,7-3+. The number of allylic oxidation sites excluding steroid dienone is 2. The molecule has 2 atom stereocenters. The molecule has 0 saturated carbocycles. The molecule has 0 aromatic carbocycles. The van der Waals surface area contributed by atoms with Crippen molar-refractivity contribution in [2.24, 2.45) is 16.5 Å². The Bertz CT molecular complexity index is 348. The molecule has 0 saturated heterocycles. The molecule has 0 radical (unpaired) electrons. The van der Waals surface area contributed by atoms with Gasteiger partial charge in [0.15, 0.2) is 0 Å². The maximum absolute atomic E-state index is 10.4. The molecule has 0 spiro atoms. The molecule has 17 heavy (non-hydrogen) atoms. The minimum absolute atomic E-state index is 0.100. The van der Waals surface area contributed by atoms with Crippen molar-refractivity contribution in [1.29, 1.82) is 0 Å². The van der Waals surface area contributed by atoms with Crippen LogP contribution in [0.15, 0.2) is 29.3 Å². The van der Waals surface area contributed by atoms with E-state index in [9.17, 15) is 4.79 Å². The summed E-state index contributed by atoms with van der Waals surface area (Å²) in [6, 6.07) is -0.856. The molecule has 5 nitrogen and oxygen atoms in total. The fourth-order valence-electron chi connectivity index (χ4n) is 1.60. The molecule has 0 amide bonds. The maximum atomic E-state index is 10.4. The van der Waals surface area contributed by atoms with E-state index in [-0.39, 0.29) is 6.04 Å². The average Bonchev–Trinajstić information content (AvgIpc) is 2.48. The fourth-order valence-corrected chi connectivity index (χ4v) is 1.60. The number of carboxylic acids is 1. The SMILES string of the molecule is NC1=NC(/C=C/C=C/C(N)C(=O)O)CCCC1. The van der Waals surface area contributed by atoms with Crippen molar-refractivity contribution in [2.45, 2.75) is 37.8 Å². The molecule has 1 rings (SSSR count). The molecule has 1 aliphatic rings. The summed E-state index contributed by atoms with van der Waals surface area (Å²) in [6.45, 7) is 0. The van der Waals surface area contributed by atoms with Gasteiger partial charge < -0.3 is 16.6 Å². The van der Waals surface area contributed by atoms with E-state index in [0.717, 1.165) is 25.7 Å². The maximum Gasteiger partial charge on any atom is 0.324 e. The normalized spacial score (nSPS) is 23.6. The third-order valence-electron chi connectivity index (χ3n) is 2.56. The zero-order valence-corrected chi connectivity index (χ0v) is 9.75. The van der Waals surface area contributed by atoms with E-state index in [2.05, 4.69) is 4.99 Å². The van der Waals surface area contributed by atoms with E-state index in [4.69, 9.17) is 16.6 Å². The van der Waals surface area contributed by atoms with Gasteiger partial charge in [0.1, 0.15) is 6.04 Å². The first-order valence-corrected chi connectivity index (χ1v) is 5.75. The lowest BCUT2D eigenvalue weighted by molar-refractivity contribution is -0.137. The van der Waals surface area contributed by atoms with Gasteiger partial charge in [-0.2, -0.15) is 0 Å². The van der Waals surface area contributed by atoms with Crippen molar-refractivity contribution in [1.82, 2.24) is 0 Å². The smallest absolute Gasteiger partial charge is 0.324 e. The molecule has 0 aromatic heterocycles. The molecule has 5 N–H and O–H groups in total. The highest BCUT2D eigenvalue weighted by molar-refractivity contribution is 5.80. The predicted molar refractivity (Wildman–Crippen MR) is 67.8 cm³/mol. The monoisotopic (exact) mass is 237 g/mol. The van der Waals surface area contributed by atoms with E-state index in [1.165, 1.54) is 6.08 Å². The zero-order chi connectivity index (χ0) is 12.7. The number of hydrogen-bond donors (Lipinski definition) is 3. The molecular weight excluding hydrogens is 218 g/mol. The van der Waals surface area contributed by atoms with Crippen LogP contribution in [0.3, 0.4) is 0 Å². The summed E-state index contributed by atoms with van der Waals surface area (Å²) in [7, 11) is 0. The molecule has 0 fully saturated rings. The summed E-state index contributed by atoms with van der Waals surface area (Å²) in [5.74, 6) is -0.338. The number of rotatable bonds is 4. The van der Waals surface area contributed by atoms with Gasteiger partial charge in [0, 0.05) is 6.42 Å². The highest BCUT2D eigenvalue weighted by atomic mass is 16.4. The molecule has 0 aromatic rings. The first-order valence-electron chi connectivity index (χ1n) is 5.75. The number of aliphatic carboxylic acids is 1. The van der Waals surface area contributed by atoms with Crippen LogP contribution in [-0.4, -0.2) is 29.0 Å². The summed E-state index contributed by atoms with van der Waals surface area (Å²) >= 11 is 0. The second kappa shape index (κ2) is 6.85. The van der Waals surface area contributed by atoms with Crippen LogP contribution in [0.25, 0.3) is 0 Å². The lowest BCUT2D eigenvalue weighted by Gasteiger charge is -2.03. The number of nitrogens with zero attached hydrogens (tertiary/aromatic N) is 1. The van der Waals surface area contributed by atoms with Crippen LogP contribution in [-0.2, 0) is 4.79 Å². The van der Waals surface area contributed by atoms with Gasteiger partial charge in [-0.3, -0.25) is 9.79 Å². The summed E-state index contributed by atoms with van der Waals surface area (Å²) < 4.78 is 0. The van der Waals surface area contributed by atoms with Crippen LogP contribution < -0.4 is 11.5 Å². The second-order valence-corrected chi connectivity index (χ2v) is 4.07. The second-order valence-electron chi connectivity index (χ2n) is 4.07. The Hall–Kier alpha value is -1.62. The van der Waals surface area contributed by atoms with E-state index >= 15 is 0 Å². The number of amidine groups is 1. The zero-order valence-electron chi connectivity index (χ0n) is 9.75. The number of carbonyl (C=O) groups is 1. The van der Waals surface area contributed by atoms with Crippen LogP contribution in [0.1, 0.15) is 25.7 Å². The molecule has 1 heterocycles. The third kappa shape index (κ3) is 5.31. The molecule has 0 bridgehead atoms. The van der Waals surface area contributed by atoms with Gasteiger partial charge in [0.2, 0.25) is 0 Å². The summed E-state index contributed by atoms with van der Waals surface area (Å²) in [6.07, 6.45) is 10.8. The van der Waals surface area contributed by atoms with Crippen LogP contribution in [0, 0.1) is 0 Å². The Balaban J connectivity index is 2.47. The molecule has 5 heteroatoms. The molecule has 0 aliphatic carbocycles. The predicted octanol–water partition coefficient (Wildman–Crippen LogP) is 0.810. The van der Waals surface area contributed by atoms with Crippen molar-refractivity contribution in [3.63, 3.8) is 0 Å². The lowest BCUT2D eigenvalue weighted by Crippen LogP contribution is -2.27. The van der Waals surface area contributed by atoms with Crippen LogP contribution in [0.5, 0.6) is 0 Å². The number of carboxylic acid groups (broad SMARTS) is 1. The average molecular weight is 237 g/mol. The van der Waals surface area contributed by atoms with E-state index in [1.54, 1.807) is 12.2 Å². The van der Waals surface area contributed by atoms with Crippen molar-refractivity contribution < 1.29 is 9.90 Å².